The lowest BCUT2D eigenvalue weighted by Gasteiger charge is -2.19. The number of thioether (sulfide) groups is 1. The van der Waals surface area contributed by atoms with Crippen molar-refractivity contribution in [2.45, 2.75) is 31.9 Å². The summed E-state index contributed by atoms with van der Waals surface area (Å²) in [4.78, 5) is 13.8. The molecule has 0 fully saturated rings. The fourth-order valence-electron chi connectivity index (χ4n) is 2.43. The molecule has 0 spiro atoms. The number of benzene rings is 1. The van der Waals surface area contributed by atoms with Crippen molar-refractivity contribution in [2.75, 3.05) is 18.8 Å². The van der Waals surface area contributed by atoms with Crippen LogP contribution in [0.15, 0.2) is 27.8 Å². The smallest absolute Gasteiger partial charge is 0.277 e. The minimum Gasteiger partial charge on any atom is -0.411 e. The van der Waals surface area contributed by atoms with Crippen molar-refractivity contribution >= 4 is 17.7 Å². The van der Waals surface area contributed by atoms with Gasteiger partial charge in [-0.2, -0.15) is 10.5 Å². The van der Waals surface area contributed by atoms with E-state index in [2.05, 4.69) is 16.3 Å². The van der Waals surface area contributed by atoms with Gasteiger partial charge < -0.3 is 9.32 Å². The Bertz CT molecular complexity index is 812. The van der Waals surface area contributed by atoms with Gasteiger partial charge in [0.25, 0.3) is 5.22 Å². The van der Waals surface area contributed by atoms with Crippen molar-refractivity contribution < 1.29 is 9.21 Å². The highest BCUT2D eigenvalue weighted by atomic mass is 32.2. The second-order valence-corrected chi connectivity index (χ2v) is 6.66. The van der Waals surface area contributed by atoms with Crippen LogP contribution in [0, 0.1) is 36.5 Å². The molecule has 1 aromatic heterocycles. The fourth-order valence-corrected chi connectivity index (χ4v) is 3.09. The van der Waals surface area contributed by atoms with Crippen LogP contribution in [0.5, 0.6) is 0 Å². The monoisotopic (exact) mass is 369 g/mol. The van der Waals surface area contributed by atoms with Crippen molar-refractivity contribution in [3.05, 3.63) is 29.3 Å². The Morgan fingerprint density at radius 3 is 2.31 bits per heavy atom. The lowest BCUT2D eigenvalue weighted by molar-refractivity contribution is -0.128. The molecule has 2 aromatic rings. The maximum absolute atomic E-state index is 12.3. The van der Waals surface area contributed by atoms with Gasteiger partial charge in [-0.1, -0.05) is 29.0 Å². The highest BCUT2D eigenvalue weighted by Crippen LogP contribution is 2.25. The fraction of sp³-hybridized carbons (Fsp3) is 0.389. The molecule has 134 valence electrons. The summed E-state index contributed by atoms with van der Waals surface area (Å²) in [5, 5.41) is 25.7. The number of hydrogen-bond acceptors (Lipinski definition) is 7. The molecule has 0 aliphatic rings. The Hall–Kier alpha value is -2.84. The number of amides is 1. The first-order chi connectivity index (χ1) is 12.5. The number of hydrogen-bond donors (Lipinski definition) is 0. The largest absolute Gasteiger partial charge is 0.411 e. The maximum atomic E-state index is 12.3. The summed E-state index contributed by atoms with van der Waals surface area (Å²) >= 11 is 1.15. The average Bonchev–Trinajstić information content (AvgIpc) is 3.08. The molecule has 26 heavy (non-hydrogen) atoms. The number of rotatable bonds is 8. The van der Waals surface area contributed by atoms with Gasteiger partial charge in [0.2, 0.25) is 11.8 Å². The number of nitrogens with zero attached hydrogens (tertiary/aromatic N) is 5. The molecule has 1 amide bonds. The van der Waals surface area contributed by atoms with E-state index in [1.165, 1.54) is 4.90 Å². The van der Waals surface area contributed by atoms with E-state index >= 15 is 0 Å². The van der Waals surface area contributed by atoms with Crippen LogP contribution >= 0.6 is 11.8 Å². The lowest BCUT2D eigenvalue weighted by atomic mass is 10.1. The van der Waals surface area contributed by atoms with Crippen LogP contribution in [0.2, 0.25) is 0 Å². The van der Waals surface area contributed by atoms with E-state index in [0.29, 0.717) is 24.2 Å². The summed E-state index contributed by atoms with van der Waals surface area (Å²) in [7, 11) is 0. The summed E-state index contributed by atoms with van der Waals surface area (Å²) < 4.78 is 5.64. The zero-order valence-corrected chi connectivity index (χ0v) is 15.5. The van der Waals surface area contributed by atoms with E-state index in [1.54, 1.807) is 0 Å². The average molecular weight is 369 g/mol. The molecule has 0 atom stereocenters. The summed E-state index contributed by atoms with van der Waals surface area (Å²) in [5.74, 6) is 0.370. The molecule has 7 nitrogen and oxygen atoms in total. The topological polar surface area (TPSA) is 107 Å². The molecule has 0 N–H and O–H groups in total. The normalized spacial score (nSPS) is 10.2. The van der Waals surface area contributed by atoms with E-state index in [1.807, 2.05) is 38.1 Å². The van der Waals surface area contributed by atoms with E-state index in [9.17, 15) is 4.79 Å². The van der Waals surface area contributed by atoms with Crippen LogP contribution in [0.1, 0.15) is 24.0 Å². The second-order valence-electron chi connectivity index (χ2n) is 5.74. The standard InChI is InChI=1S/C18H19N5O2S/c1-13-9-14(2)11-15(10-13)17-21-22-18(25-17)26-12-16(24)23(7-3-5-19)8-4-6-20/h9-11H,3-4,7-8,12H2,1-2H3. The minimum atomic E-state index is -0.161. The summed E-state index contributed by atoms with van der Waals surface area (Å²) in [6, 6.07) is 10.0. The van der Waals surface area contributed by atoms with Crippen LogP contribution in [0.25, 0.3) is 11.5 Å². The Labute approximate surface area is 156 Å². The molecule has 0 saturated heterocycles. The molecule has 1 heterocycles. The predicted octanol–water partition coefficient (Wildman–Crippen LogP) is 3.10. The highest BCUT2D eigenvalue weighted by molar-refractivity contribution is 7.99. The van der Waals surface area contributed by atoms with Crippen molar-refractivity contribution in [3.63, 3.8) is 0 Å². The molecule has 0 saturated carbocycles. The molecule has 0 aliphatic carbocycles. The minimum absolute atomic E-state index is 0.116. The SMILES string of the molecule is Cc1cc(C)cc(-c2nnc(SCC(=O)N(CCC#N)CCC#N)o2)c1. The van der Waals surface area contributed by atoms with Crippen molar-refractivity contribution in [1.29, 1.82) is 10.5 Å². The van der Waals surface area contributed by atoms with Gasteiger partial charge in [-0.25, -0.2) is 0 Å². The first-order valence-corrected chi connectivity index (χ1v) is 9.08. The van der Waals surface area contributed by atoms with Gasteiger partial charge in [0, 0.05) is 18.7 Å². The third kappa shape index (κ3) is 5.61. The third-order valence-corrected chi connectivity index (χ3v) is 4.34. The maximum Gasteiger partial charge on any atom is 0.277 e. The number of aromatic nitrogens is 2. The second kappa shape index (κ2) is 9.59. The summed E-state index contributed by atoms with van der Waals surface area (Å²) in [6.07, 6.45) is 0.471. The molecule has 0 radical (unpaired) electrons. The number of carbonyl (C=O) groups excluding carboxylic acids is 1. The lowest BCUT2D eigenvalue weighted by Crippen LogP contribution is -2.34. The predicted molar refractivity (Wildman–Crippen MR) is 97.0 cm³/mol. The Morgan fingerprint density at radius 1 is 1.12 bits per heavy atom. The zero-order valence-electron chi connectivity index (χ0n) is 14.7. The Morgan fingerprint density at radius 2 is 1.73 bits per heavy atom. The molecule has 2 rings (SSSR count). The van der Waals surface area contributed by atoms with Crippen LogP contribution in [-0.4, -0.2) is 39.8 Å². The van der Waals surface area contributed by atoms with E-state index in [0.717, 1.165) is 28.5 Å². The first-order valence-electron chi connectivity index (χ1n) is 8.10. The number of aryl methyl sites for hydroxylation is 2. The molecule has 0 bridgehead atoms. The molecule has 8 heteroatoms. The van der Waals surface area contributed by atoms with E-state index < -0.39 is 0 Å². The molecule has 1 aromatic carbocycles. The molecule has 0 aliphatic heterocycles. The Kier molecular flexibility index (Phi) is 7.19. The molecular weight excluding hydrogens is 350 g/mol. The summed E-state index contributed by atoms with van der Waals surface area (Å²) in [5.41, 5.74) is 3.05. The van der Waals surface area contributed by atoms with Gasteiger partial charge in [0.05, 0.1) is 30.7 Å². The zero-order chi connectivity index (χ0) is 18.9. The van der Waals surface area contributed by atoms with Crippen LogP contribution in [0.3, 0.4) is 0 Å². The quantitative estimate of drug-likeness (QED) is 0.658. The van der Waals surface area contributed by atoms with Gasteiger partial charge >= 0.3 is 0 Å². The highest BCUT2D eigenvalue weighted by Gasteiger charge is 2.16. The number of nitriles is 2. The Balaban J connectivity index is 1.98. The third-order valence-electron chi connectivity index (χ3n) is 3.53. The van der Waals surface area contributed by atoms with E-state index in [4.69, 9.17) is 14.9 Å². The van der Waals surface area contributed by atoms with Crippen LogP contribution < -0.4 is 0 Å². The van der Waals surface area contributed by atoms with Crippen molar-refractivity contribution in [1.82, 2.24) is 15.1 Å². The van der Waals surface area contributed by atoms with Crippen molar-refractivity contribution in [2.24, 2.45) is 0 Å². The van der Waals surface area contributed by atoms with Gasteiger partial charge in [-0.05, 0) is 26.0 Å². The van der Waals surface area contributed by atoms with Gasteiger partial charge in [-0.3, -0.25) is 4.79 Å². The number of carbonyl (C=O) groups is 1. The van der Waals surface area contributed by atoms with Gasteiger partial charge in [0.1, 0.15) is 0 Å². The molecule has 0 unspecified atom stereocenters. The summed E-state index contributed by atoms with van der Waals surface area (Å²) in [6.45, 7) is 4.63. The molecular formula is C18H19N5O2S. The van der Waals surface area contributed by atoms with E-state index in [-0.39, 0.29) is 24.5 Å². The van der Waals surface area contributed by atoms with Crippen molar-refractivity contribution in [3.8, 4) is 23.6 Å². The van der Waals surface area contributed by atoms with Gasteiger partial charge in [0.15, 0.2) is 0 Å². The van der Waals surface area contributed by atoms with Gasteiger partial charge in [-0.15, -0.1) is 10.2 Å². The van der Waals surface area contributed by atoms with Crippen LogP contribution in [0.4, 0.5) is 0 Å². The first kappa shape index (κ1) is 19.5. The van der Waals surface area contributed by atoms with Crippen LogP contribution in [-0.2, 0) is 4.79 Å².